The van der Waals surface area contributed by atoms with Crippen LogP contribution in [0.2, 0.25) is 0 Å². The first-order valence-corrected chi connectivity index (χ1v) is 11.0. The predicted octanol–water partition coefficient (Wildman–Crippen LogP) is 3.84. The second-order valence-corrected chi connectivity index (χ2v) is 9.11. The molecular formula is C19H16F3N5O2S2. The van der Waals surface area contributed by atoms with Crippen molar-refractivity contribution < 1.29 is 17.9 Å². The number of anilines is 1. The molecular weight excluding hydrogens is 451 g/mol. The molecule has 2 aliphatic rings. The first kappa shape index (κ1) is 21.7. The van der Waals surface area contributed by atoms with E-state index >= 15 is 0 Å². The quantitative estimate of drug-likeness (QED) is 0.678. The number of nitriles is 1. The molecule has 7 nitrogen and oxygen atoms in total. The minimum absolute atomic E-state index is 0.0368. The molecule has 1 atom stereocenters. The van der Waals surface area contributed by atoms with Crippen LogP contribution in [0.25, 0.3) is 0 Å². The lowest BCUT2D eigenvalue weighted by Crippen LogP contribution is -2.32. The predicted molar refractivity (Wildman–Crippen MR) is 112 cm³/mol. The molecule has 1 aromatic heterocycles. The molecule has 0 radical (unpaired) electrons. The summed E-state index contributed by atoms with van der Waals surface area (Å²) in [7, 11) is 1.70. The van der Waals surface area contributed by atoms with Crippen molar-refractivity contribution in [3.63, 3.8) is 0 Å². The Hall–Kier alpha value is -2.49. The number of aromatic nitrogens is 2. The number of halogens is 3. The van der Waals surface area contributed by atoms with Crippen molar-refractivity contribution in [3.8, 4) is 6.07 Å². The van der Waals surface area contributed by atoms with Crippen molar-refractivity contribution in [3.05, 3.63) is 51.4 Å². The molecule has 162 valence electrons. The fourth-order valence-electron chi connectivity index (χ4n) is 3.21. The number of hydrogen-bond donors (Lipinski definition) is 0. The zero-order chi connectivity index (χ0) is 22.2. The largest absolute Gasteiger partial charge is 0.416 e. The second-order valence-electron chi connectivity index (χ2n) is 6.89. The molecule has 1 unspecified atom stereocenters. The van der Waals surface area contributed by atoms with Gasteiger partial charge in [-0.3, -0.25) is 9.80 Å². The summed E-state index contributed by atoms with van der Waals surface area (Å²) in [6.07, 6.45) is -2.20. The van der Waals surface area contributed by atoms with E-state index in [9.17, 15) is 23.2 Å². The zero-order valence-corrected chi connectivity index (χ0v) is 17.9. The Bertz CT molecular complexity index is 1140. The van der Waals surface area contributed by atoms with Crippen molar-refractivity contribution in [2.24, 2.45) is 5.10 Å². The number of nitrogens with zero attached hydrogens (tertiary/aromatic N) is 5. The molecule has 0 saturated carbocycles. The summed E-state index contributed by atoms with van der Waals surface area (Å²) in [6, 6.07) is 4.83. The number of alkyl halides is 3. The number of thioether (sulfide) groups is 2. The molecule has 1 fully saturated rings. The van der Waals surface area contributed by atoms with E-state index in [1.54, 1.807) is 18.3 Å². The normalized spacial score (nSPS) is 18.5. The number of hydrazone groups is 1. The number of ether oxygens (including phenoxy) is 1. The van der Waals surface area contributed by atoms with Gasteiger partial charge in [-0.05, 0) is 24.1 Å². The SMILES string of the molecule is CN1N=C(SCc2ccc(C(F)(F)F)cc2C#N)Sc2c1cnn(C1CCOC1)c2=O. The van der Waals surface area contributed by atoms with E-state index in [1.165, 1.54) is 34.3 Å². The van der Waals surface area contributed by atoms with Crippen LogP contribution in [0.1, 0.15) is 29.2 Å². The first-order chi connectivity index (χ1) is 14.8. The van der Waals surface area contributed by atoms with E-state index in [2.05, 4.69) is 10.2 Å². The van der Waals surface area contributed by atoms with E-state index < -0.39 is 11.7 Å². The van der Waals surface area contributed by atoms with Gasteiger partial charge in [0.1, 0.15) is 4.90 Å². The monoisotopic (exact) mass is 467 g/mol. The maximum atomic E-state index is 13.0. The summed E-state index contributed by atoms with van der Waals surface area (Å²) in [5.74, 6) is 0.242. The van der Waals surface area contributed by atoms with Gasteiger partial charge in [0, 0.05) is 19.4 Å². The zero-order valence-electron chi connectivity index (χ0n) is 16.2. The number of benzene rings is 1. The lowest BCUT2D eigenvalue weighted by atomic mass is 10.1. The topological polar surface area (TPSA) is 83.5 Å². The molecule has 1 saturated heterocycles. The van der Waals surface area contributed by atoms with Gasteiger partial charge in [-0.2, -0.15) is 28.6 Å². The highest BCUT2D eigenvalue weighted by molar-refractivity contribution is 8.38. The Kier molecular flexibility index (Phi) is 6.00. The molecule has 0 spiro atoms. The van der Waals surface area contributed by atoms with Gasteiger partial charge in [0.05, 0.1) is 41.7 Å². The fourth-order valence-corrected chi connectivity index (χ4v) is 5.39. The number of rotatable bonds is 3. The molecule has 0 aliphatic carbocycles. The highest BCUT2D eigenvalue weighted by atomic mass is 32.2. The molecule has 4 rings (SSSR count). The van der Waals surface area contributed by atoms with Crippen LogP contribution in [0.4, 0.5) is 18.9 Å². The molecule has 2 aromatic rings. The molecule has 0 bridgehead atoms. The van der Waals surface area contributed by atoms with E-state index in [4.69, 9.17) is 4.74 Å². The maximum absolute atomic E-state index is 13.0. The Morgan fingerprint density at radius 3 is 2.90 bits per heavy atom. The summed E-state index contributed by atoms with van der Waals surface area (Å²) in [5.41, 5.74) is -0.0792. The van der Waals surface area contributed by atoms with Crippen LogP contribution in [0.15, 0.2) is 39.2 Å². The maximum Gasteiger partial charge on any atom is 0.416 e. The summed E-state index contributed by atoms with van der Waals surface area (Å²) in [5, 5.41) is 19.5. The standard InChI is InChI=1S/C19H16F3N5O2S2/c1-26-15-8-24-27(14-4-5-29-9-14)17(28)16(15)31-18(25-26)30-10-11-2-3-13(19(20,21)22)6-12(11)7-23/h2-3,6,8,14H,4-5,9-10H2,1H3. The minimum Gasteiger partial charge on any atom is -0.379 e. The number of hydrogen-bond acceptors (Lipinski definition) is 8. The lowest BCUT2D eigenvalue weighted by Gasteiger charge is -2.24. The lowest BCUT2D eigenvalue weighted by molar-refractivity contribution is -0.137. The third-order valence-corrected chi connectivity index (χ3v) is 7.10. The minimum atomic E-state index is -4.51. The Labute approximate surface area is 183 Å². The van der Waals surface area contributed by atoms with Crippen molar-refractivity contribution in [1.82, 2.24) is 9.78 Å². The Balaban J connectivity index is 1.54. The first-order valence-electron chi connectivity index (χ1n) is 9.20. The summed E-state index contributed by atoms with van der Waals surface area (Å²) in [4.78, 5) is 13.5. The van der Waals surface area contributed by atoms with Crippen molar-refractivity contribution >= 4 is 33.6 Å². The van der Waals surface area contributed by atoms with Crippen LogP contribution in [-0.4, -0.2) is 34.4 Å². The Morgan fingerprint density at radius 2 is 2.23 bits per heavy atom. The van der Waals surface area contributed by atoms with Gasteiger partial charge in [0.15, 0.2) is 4.38 Å². The van der Waals surface area contributed by atoms with Crippen molar-refractivity contribution in [1.29, 1.82) is 5.26 Å². The average molecular weight is 467 g/mol. The van der Waals surface area contributed by atoms with Crippen LogP contribution in [0.5, 0.6) is 0 Å². The van der Waals surface area contributed by atoms with Gasteiger partial charge in [0.25, 0.3) is 5.56 Å². The van der Waals surface area contributed by atoms with Crippen molar-refractivity contribution in [2.45, 2.75) is 29.3 Å². The van der Waals surface area contributed by atoms with Crippen LogP contribution in [0, 0.1) is 11.3 Å². The highest BCUT2D eigenvalue weighted by Gasteiger charge is 2.31. The van der Waals surface area contributed by atoms with E-state index in [1.807, 2.05) is 6.07 Å². The molecule has 2 aliphatic heterocycles. The molecule has 1 aromatic carbocycles. The summed E-state index contributed by atoms with van der Waals surface area (Å²) >= 11 is 2.45. The molecule has 12 heteroatoms. The van der Waals surface area contributed by atoms with Gasteiger partial charge in [-0.25, -0.2) is 4.68 Å². The fraction of sp³-hybridized carbons (Fsp3) is 0.368. The van der Waals surface area contributed by atoms with Gasteiger partial charge in [-0.1, -0.05) is 29.6 Å². The van der Waals surface area contributed by atoms with Gasteiger partial charge in [-0.15, -0.1) is 0 Å². The van der Waals surface area contributed by atoms with Crippen LogP contribution in [0.3, 0.4) is 0 Å². The van der Waals surface area contributed by atoms with E-state index in [0.717, 1.165) is 12.1 Å². The van der Waals surface area contributed by atoms with Gasteiger partial charge < -0.3 is 4.74 Å². The third kappa shape index (κ3) is 4.44. The molecule has 31 heavy (non-hydrogen) atoms. The van der Waals surface area contributed by atoms with Crippen LogP contribution in [-0.2, 0) is 16.7 Å². The third-order valence-electron chi connectivity index (χ3n) is 4.87. The van der Waals surface area contributed by atoms with Gasteiger partial charge >= 0.3 is 6.18 Å². The molecule has 0 N–H and O–H groups in total. The van der Waals surface area contributed by atoms with Gasteiger partial charge in [0.2, 0.25) is 0 Å². The van der Waals surface area contributed by atoms with Crippen molar-refractivity contribution in [2.75, 3.05) is 25.3 Å². The Morgan fingerprint density at radius 1 is 1.42 bits per heavy atom. The smallest absolute Gasteiger partial charge is 0.379 e. The summed E-state index contributed by atoms with van der Waals surface area (Å²) in [6.45, 7) is 1.02. The highest BCUT2D eigenvalue weighted by Crippen LogP contribution is 2.38. The van der Waals surface area contributed by atoms with E-state index in [0.29, 0.717) is 40.2 Å². The molecule has 0 amide bonds. The average Bonchev–Trinajstić information content (AvgIpc) is 3.26. The van der Waals surface area contributed by atoms with E-state index in [-0.39, 0.29) is 22.9 Å². The number of fused-ring (bicyclic) bond motifs is 1. The molecule has 3 heterocycles. The van der Waals surface area contributed by atoms with Crippen LogP contribution < -0.4 is 10.6 Å². The second kappa shape index (κ2) is 8.57. The van der Waals surface area contributed by atoms with Crippen LogP contribution >= 0.6 is 23.5 Å². The summed E-state index contributed by atoms with van der Waals surface area (Å²) < 4.78 is 46.0.